The Labute approximate surface area is 726 Å². The zero-order valence-corrected chi connectivity index (χ0v) is 74.5. The number of halogens is 5. The summed E-state index contributed by atoms with van der Waals surface area (Å²) in [6.07, 6.45) is 14.3. The van der Waals surface area contributed by atoms with Gasteiger partial charge in [0, 0.05) is 71.2 Å². The van der Waals surface area contributed by atoms with Crippen LogP contribution in [0.5, 0.6) is 0 Å². The van der Waals surface area contributed by atoms with E-state index in [1.54, 1.807) is 106 Å². The second-order valence-corrected chi connectivity index (χ2v) is 32.7. The summed E-state index contributed by atoms with van der Waals surface area (Å²) < 4.78 is 103. The van der Waals surface area contributed by atoms with Crippen LogP contribution in [-0.4, -0.2) is 156 Å². The molecule has 0 saturated carbocycles. The highest BCUT2D eigenvalue weighted by Gasteiger charge is 2.52. The van der Waals surface area contributed by atoms with Crippen LogP contribution >= 0.6 is 0 Å². The minimum atomic E-state index is -1.28. The largest absolute Gasteiger partial charge is 0.495 e. The van der Waals surface area contributed by atoms with Gasteiger partial charge in [0.15, 0.2) is 0 Å². The number of nitrogens with one attached hydrogen (secondary N) is 2. The number of carboxylic acid groups (broad SMARTS) is 1. The number of aryl methyl sites for hydroxylation is 5. The summed E-state index contributed by atoms with van der Waals surface area (Å²) in [5, 5.41) is 37.7. The molecule has 126 heavy (non-hydrogen) atoms. The molecular formula is C90H102BF5N20O10. The number of carbonyl (C=O) groups is 5. The summed E-state index contributed by atoms with van der Waals surface area (Å²) in [6.45, 7) is 40.7. The third-order valence-electron chi connectivity index (χ3n) is 20.9. The average Bonchev–Trinajstić information content (AvgIpc) is 1.61. The molecule has 30 nitrogen and oxygen atoms in total. The number of ether oxygens (including phenoxy) is 2. The maximum atomic E-state index is 14.7. The molecule has 660 valence electrons. The molecule has 0 radical (unpaired) electrons. The van der Waals surface area contributed by atoms with Crippen LogP contribution in [0.1, 0.15) is 227 Å². The fourth-order valence-electron chi connectivity index (χ4n) is 12.8. The molecule has 13 aromatic rings. The van der Waals surface area contributed by atoms with Crippen LogP contribution in [-0.2, 0) is 18.8 Å². The molecule has 5 aromatic carbocycles. The van der Waals surface area contributed by atoms with E-state index >= 15 is 0 Å². The van der Waals surface area contributed by atoms with Crippen molar-refractivity contribution in [1.29, 1.82) is 0 Å². The average molecular weight is 1730 g/mol. The molecule has 0 unspecified atom stereocenters. The number of aromatic carboxylic acids is 1. The summed E-state index contributed by atoms with van der Waals surface area (Å²) >= 11 is 0. The lowest BCUT2D eigenvalue weighted by atomic mass is 9.75. The molecule has 0 atom stereocenters. The third kappa shape index (κ3) is 21.9. The lowest BCUT2D eigenvalue weighted by Gasteiger charge is -2.32. The van der Waals surface area contributed by atoms with Crippen LogP contribution in [0.15, 0.2) is 147 Å². The van der Waals surface area contributed by atoms with Crippen molar-refractivity contribution in [2.75, 3.05) is 24.9 Å². The van der Waals surface area contributed by atoms with Gasteiger partial charge in [-0.25, -0.2) is 75.6 Å². The van der Waals surface area contributed by atoms with Crippen molar-refractivity contribution in [3.63, 3.8) is 0 Å². The summed E-state index contributed by atoms with van der Waals surface area (Å²) in [6, 6.07) is 25.2. The van der Waals surface area contributed by atoms with E-state index in [4.69, 9.17) is 14.4 Å². The highest BCUT2D eigenvalue weighted by molar-refractivity contribution is 6.62. The van der Waals surface area contributed by atoms with Crippen LogP contribution in [0.4, 0.5) is 33.6 Å². The Bertz CT molecular complexity index is 5930. The minimum absolute atomic E-state index is 0.0364. The van der Waals surface area contributed by atoms with Gasteiger partial charge in [-0.3, -0.25) is 9.59 Å². The van der Waals surface area contributed by atoms with Gasteiger partial charge in [-0.15, -0.1) is 10.2 Å². The van der Waals surface area contributed by atoms with Crippen molar-refractivity contribution < 1.29 is 69.8 Å². The number of hydrogen-bond acceptors (Lipinski definition) is 21. The van der Waals surface area contributed by atoms with Crippen molar-refractivity contribution in [3.8, 4) is 68.1 Å². The Hall–Kier alpha value is -13.6. The fraction of sp³-hybridized carbons (Fsp3) is 0.344. The van der Waals surface area contributed by atoms with E-state index in [-0.39, 0.29) is 75.7 Å². The first-order valence-corrected chi connectivity index (χ1v) is 40.5. The molecule has 3 N–H and O–H groups in total. The van der Waals surface area contributed by atoms with Gasteiger partial charge in [0.1, 0.15) is 52.1 Å². The van der Waals surface area contributed by atoms with E-state index in [2.05, 4.69) is 81.1 Å². The summed E-state index contributed by atoms with van der Waals surface area (Å²) in [5.74, 6) is -5.55. The van der Waals surface area contributed by atoms with Crippen molar-refractivity contribution >= 4 is 53.9 Å². The number of nitrogens with zero attached hydrogens (tertiary/aromatic N) is 18. The van der Waals surface area contributed by atoms with Gasteiger partial charge in [0.25, 0.3) is 11.8 Å². The lowest BCUT2D eigenvalue weighted by Crippen LogP contribution is -2.41. The van der Waals surface area contributed by atoms with Crippen molar-refractivity contribution in [3.05, 3.63) is 232 Å². The monoisotopic (exact) mass is 1730 g/mol. The SMILES string of the molecule is COC(=O)c1cc(-c2cn(C(C)C)cn2)c(C)cc1F.COC(=O)c1cc(B2OC(C)(C)C(C)(C)O2)c(C)cc1F.Cc1cc(F)c(C(=O)Nc2cccc(-c3nnnn3C(C)C)n2)cc1-c1cn(C(C)C)cn1.Cc1cc(F)c(C(=O)Nc2cccc(-c3nnnn3C(C)C)n2)cc1-c1cn(C(C)C)cn1.Cc1cc(F)c(C(=O)O)cc1-c1cn(C(C)C)cn1. The molecular weight excluding hydrogens is 1630 g/mol. The number of imidazole rings is 4. The molecule has 2 amide bonds. The van der Waals surface area contributed by atoms with E-state index in [0.717, 1.165) is 11.1 Å². The molecule has 0 bridgehead atoms. The number of carbonyl (C=O) groups excluding carboxylic acids is 4. The molecule has 14 rings (SSSR count). The number of amides is 2. The first-order valence-electron chi connectivity index (χ1n) is 40.5. The molecule has 36 heteroatoms. The molecule has 0 spiro atoms. The Morgan fingerprint density at radius 3 is 1.00 bits per heavy atom. The van der Waals surface area contributed by atoms with E-state index in [1.165, 1.54) is 74.9 Å². The number of methoxy groups -OCH3 is 2. The smallest absolute Gasteiger partial charge is 0.478 e. The van der Waals surface area contributed by atoms with Crippen LogP contribution in [0.3, 0.4) is 0 Å². The van der Waals surface area contributed by atoms with Crippen molar-refractivity contribution in [1.82, 2.24) is 88.6 Å². The van der Waals surface area contributed by atoms with Crippen LogP contribution in [0.2, 0.25) is 0 Å². The van der Waals surface area contributed by atoms with Gasteiger partial charge in [-0.05, 0) is 284 Å². The predicted octanol–water partition coefficient (Wildman–Crippen LogP) is 17.8. The number of pyridine rings is 2. The Morgan fingerprint density at radius 2 is 0.698 bits per heavy atom. The summed E-state index contributed by atoms with van der Waals surface area (Å²) in [4.78, 5) is 86.3. The molecule has 0 aliphatic carbocycles. The maximum absolute atomic E-state index is 14.7. The Balaban J connectivity index is 0.000000168. The number of carboxylic acids is 1. The molecule has 9 heterocycles. The highest BCUT2D eigenvalue weighted by Crippen LogP contribution is 2.38. The molecule has 1 aliphatic heterocycles. The van der Waals surface area contributed by atoms with Crippen LogP contribution in [0, 0.1) is 63.7 Å². The van der Waals surface area contributed by atoms with Crippen LogP contribution in [0.25, 0.3) is 68.1 Å². The zero-order valence-electron chi connectivity index (χ0n) is 74.5. The number of esters is 2. The first-order chi connectivity index (χ1) is 59.4. The molecule has 1 fully saturated rings. The molecule has 1 saturated heterocycles. The number of aromatic nitrogens is 18. The third-order valence-corrected chi connectivity index (χ3v) is 20.9. The number of benzene rings is 5. The fourth-order valence-corrected chi connectivity index (χ4v) is 12.8. The maximum Gasteiger partial charge on any atom is 0.495 e. The van der Waals surface area contributed by atoms with E-state index < -0.39 is 77.1 Å². The van der Waals surface area contributed by atoms with Crippen molar-refractivity contribution in [2.45, 2.75) is 193 Å². The number of rotatable bonds is 20. The van der Waals surface area contributed by atoms with E-state index in [1.807, 2.05) is 154 Å². The summed E-state index contributed by atoms with van der Waals surface area (Å²) in [7, 11) is 1.81. The quantitative estimate of drug-likeness (QED) is 0.0362. The highest BCUT2D eigenvalue weighted by atomic mass is 19.1. The number of tetrazole rings is 2. The van der Waals surface area contributed by atoms with Crippen molar-refractivity contribution in [2.24, 2.45) is 0 Å². The van der Waals surface area contributed by atoms with E-state index in [9.17, 15) is 45.9 Å². The van der Waals surface area contributed by atoms with Gasteiger partial charge < -0.3 is 52.8 Å². The normalized spacial score (nSPS) is 12.6. The summed E-state index contributed by atoms with van der Waals surface area (Å²) in [5.41, 5.74) is 8.83. The topological polar surface area (TPSA) is 351 Å². The molecule has 8 aromatic heterocycles. The predicted molar refractivity (Wildman–Crippen MR) is 466 cm³/mol. The molecule has 1 aliphatic rings. The lowest BCUT2D eigenvalue weighted by molar-refractivity contribution is 0.00578. The van der Waals surface area contributed by atoms with E-state index in [0.29, 0.717) is 90.2 Å². The number of anilines is 2. The number of hydrogen-bond donors (Lipinski definition) is 3. The van der Waals surface area contributed by atoms with Gasteiger partial charge in [-0.1, -0.05) is 12.1 Å². The second-order valence-electron chi connectivity index (χ2n) is 32.7. The standard InChI is InChI=1S/2C23H25FN8O.C15H20BFO4.C15H17FN2O2.C14H15FN2O2/c2*1-13(2)31-11-20(25-12-31)16-10-17(18(24)9-15(16)5)23(33)27-21-8-6-7-19(26-21)22-28-29-30-32(22)14(3)4;1-9-7-12(17)10(13(18)19-6)8-11(9)16-20-14(2,3)15(4,5)21-16;1-9(2)18-7-14(17-8-18)11-6-12(15(19)20-4)13(16)5-10(11)3;1-8(2)17-6-13(16-7-17)10-5-11(14(18)19)12(15)4-9(10)3/h2*6-14H,1-5H3,(H,26,27,33);7-8H,1-6H3;5-9H,1-4H3;4-8H,1-3H3,(H,18,19). The van der Waals surface area contributed by atoms with Gasteiger partial charge >= 0.3 is 25.0 Å². The Morgan fingerprint density at radius 1 is 0.405 bits per heavy atom. The first kappa shape index (κ1) is 94.6. The van der Waals surface area contributed by atoms with Gasteiger partial charge in [0.2, 0.25) is 11.6 Å². The Kier molecular flexibility index (Phi) is 30.0. The van der Waals surface area contributed by atoms with Gasteiger partial charge in [-0.2, -0.15) is 0 Å². The second kappa shape index (κ2) is 39.9. The minimum Gasteiger partial charge on any atom is -0.478 e. The van der Waals surface area contributed by atoms with Crippen LogP contribution < -0.4 is 16.1 Å². The zero-order chi connectivity index (χ0) is 92.4. The van der Waals surface area contributed by atoms with Gasteiger partial charge in [0.05, 0.1) is 113 Å².